The fraction of sp³-hybridized carbons (Fsp3) is 1.00. The Morgan fingerprint density at radius 2 is 2.06 bits per heavy atom. The first kappa shape index (κ1) is 12.3. The fourth-order valence-electron chi connectivity index (χ4n) is 2.63. The van der Waals surface area contributed by atoms with Crippen LogP contribution in [-0.2, 0) is 9.47 Å². The smallest absolute Gasteiger partial charge is 0.0707 e. The highest BCUT2D eigenvalue weighted by Crippen LogP contribution is 2.21. The molecule has 4 nitrogen and oxygen atoms in total. The molecule has 2 aliphatic rings. The van der Waals surface area contributed by atoms with Gasteiger partial charge in [0.2, 0.25) is 0 Å². The van der Waals surface area contributed by atoms with E-state index in [4.69, 9.17) is 9.47 Å². The van der Waals surface area contributed by atoms with Gasteiger partial charge in [0.05, 0.1) is 18.8 Å². The fourth-order valence-corrected chi connectivity index (χ4v) is 2.63. The maximum absolute atomic E-state index is 5.99. The van der Waals surface area contributed by atoms with E-state index in [0.29, 0.717) is 18.2 Å². The van der Waals surface area contributed by atoms with Crippen molar-refractivity contribution in [3.8, 4) is 0 Å². The molecule has 2 heterocycles. The van der Waals surface area contributed by atoms with E-state index in [2.05, 4.69) is 17.3 Å². The number of ether oxygens (including phenoxy) is 2. The van der Waals surface area contributed by atoms with Crippen LogP contribution in [0.15, 0.2) is 0 Å². The Labute approximate surface area is 98.3 Å². The second-order valence-electron chi connectivity index (χ2n) is 4.97. The molecule has 0 bridgehead atoms. The first-order valence-electron chi connectivity index (χ1n) is 6.37. The van der Waals surface area contributed by atoms with Gasteiger partial charge in [-0.05, 0) is 33.4 Å². The van der Waals surface area contributed by atoms with Gasteiger partial charge in [-0.25, -0.2) is 0 Å². The van der Waals surface area contributed by atoms with Crippen LogP contribution < -0.4 is 5.32 Å². The summed E-state index contributed by atoms with van der Waals surface area (Å²) < 4.78 is 11.4. The predicted molar refractivity (Wildman–Crippen MR) is 63.7 cm³/mol. The van der Waals surface area contributed by atoms with Crippen LogP contribution in [0.2, 0.25) is 0 Å². The van der Waals surface area contributed by atoms with Gasteiger partial charge in [0.1, 0.15) is 0 Å². The molecule has 1 N–H and O–H groups in total. The molecule has 0 aliphatic carbocycles. The van der Waals surface area contributed by atoms with E-state index in [1.165, 1.54) is 19.3 Å². The van der Waals surface area contributed by atoms with Crippen molar-refractivity contribution < 1.29 is 9.47 Å². The number of nitrogens with one attached hydrogen (secondary N) is 1. The van der Waals surface area contributed by atoms with E-state index in [1.807, 2.05) is 7.05 Å². The molecule has 4 heteroatoms. The highest BCUT2D eigenvalue weighted by molar-refractivity contribution is 4.80. The lowest BCUT2D eigenvalue weighted by atomic mass is 10.1. The number of likely N-dealkylation sites (N-methyl/N-ethyl adjacent to an activating group) is 2. The Bertz CT molecular complexity index is 207. The molecule has 0 spiro atoms. The summed E-state index contributed by atoms with van der Waals surface area (Å²) in [6.07, 6.45) is 4.40. The predicted octanol–water partition coefficient (Wildman–Crippen LogP) is 0.474. The molecule has 3 atom stereocenters. The Morgan fingerprint density at radius 3 is 2.75 bits per heavy atom. The highest BCUT2D eigenvalue weighted by Gasteiger charge is 2.28. The van der Waals surface area contributed by atoms with Crippen LogP contribution in [0.25, 0.3) is 0 Å². The van der Waals surface area contributed by atoms with Gasteiger partial charge in [0.15, 0.2) is 0 Å². The van der Waals surface area contributed by atoms with Crippen molar-refractivity contribution in [1.82, 2.24) is 10.2 Å². The second-order valence-corrected chi connectivity index (χ2v) is 4.97. The van der Waals surface area contributed by atoms with E-state index in [1.54, 1.807) is 0 Å². The van der Waals surface area contributed by atoms with Gasteiger partial charge in [0, 0.05) is 25.7 Å². The molecular formula is C12H24N2O2. The summed E-state index contributed by atoms with van der Waals surface area (Å²) in [5.41, 5.74) is 0. The lowest BCUT2D eigenvalue weighted by Gasteiger charge is -2.26. The van der Waals surface area contributed by atoms with Crippen molar-refractivity contribution in [3.63, 3.8) is 0 Å². The van der Waals surface area contributed by atoms with Crippen LogP contribution in [0.1, 0.15) is 19.3 Å². The quantitative estimate of drug-likeness (QED) is 0.742. The van der Waals surface area contributed by atoms with E-state index in [9.17, 15) is 0 Å². The first-order valence-corrected chi connectivity index (χ1v) is 6.37. The minimum absolute atomic E-state index is 0.420. The van der Waals surface area contributed by atoms with E-state index < -0.39 is 0 Å². The Balaban J connectivity index is 1.69. The van der Waals surface area contributed by atoms with Gasteiger partial charge in [0.25, 0.3) is 0 Å². The van der Waals surface area contributed by atoms with E-state index >= 15 is 0 Å². The standard InChI is InChI=1S/C12H24N2O2/c1-13-7-11-3-4-12(16-11)8-14(2)10-5-6-15-9-10/h10-13H,3-9H2,1-2H3. The second kappa shape index (κ2) is 5.96. The topological polar surface area (TPSA) is 33.7 Å². The number of hydrogen-bond donors (Lipinski definition) is 1. The maximum atomic E-state index is 5.99. The van der Waals surface area contributed by atoms with Crippen LogP contribution in [0.5, 0.6) is 0 Å². The van der Waals surface area contributed by atoms with Crippen LogP contribution in [0, 0.1) is 0 Å². The molecule has 2 fully saturated rings. The van der Waals surface area contributed by atoms with Gasteiger partial charge in [-0.3, -0.25) is 4.90 Å². The van der Waals surface area contributed by atoms with Crippen molar-refractivity contribution in [2.75, 3.05) is 40.4 Å². The molecule has 0 saturated carbocycles. The summed E-state index contributed by atoms with van der Waals surface area (Å²) >= 11 is 0. The summed E-state index contributed by atoms with van der Waals surface area (Å²) in [4.78, 5) is 2.40. The zero-order valence-corrected chi connectivity index (χ0v) is 10.4. The summed E-state index contributed by atoms with van der Waals surface area (Å²) in [5.74, 6) is 0. The van der Waals surface area contributed by atoms with Gasteiger partial charge < -0.3 is 14.8 Å². The average Bonchev–Trinajstić information content (AvgIpc) is 2.89. The minimum atomic E-state index is 0.420. The number of rotatable bonds is 5. The monoisotopic (exact) mass is 228 g/mol. The van der Waals surface area contributed by atoms with Crippen molar-refractivity contribution in [3.05, 3.63) is 0 Å². The van der Waals surface area contributed by atoms with Crippen LogP contribution in [-0.4, -0.2) is 63.5 Å². The zero-order valence-electron chi connectivity index (χ0n) is 10.4. The third-order valence-corrected chi connectivity index (χ3v) is 3.65. The first-order chi connectivity index (χ1) is 7.79. The van der Waals surface area contributed by atoms with E-state index in [0.717, 1.165) is 26.3 Å². The molecule has 94 valence electrons. The van der Waals surface area contributed by atoms with Crippen LogP contribution in [0.4, 0.5) is 0 Å². The molecule has 2 saturated heterocycles. The van der Waals surface area contributed by atoms with Crippen LogP contribution >= 0.6 is 0 Å². The lowest BCUT2D eigenvalue weighted by molar-refractivity contribution is 0.0203. The van der Waals surface area contributed by atoms with Crippen LogP contribution in [0.3, 0.4) is 0 Å². The number of nitrogens with zero attached hydrogens (tertiary/aromatic N) is 1. The summed E-state index contributed by atoms with van der Waals surface area (Å²) in [6, 6.07) is 0.604. The molecule has 16 heavy (non-hydrogen) atoms. The molecular weight excluding hydrogens is 204 g/mol. The Morgan fingerprint density at radius 1 is 1.25 bits per heavy atom. The third-order valence-electron chi connectivity index (χ3n) is 3.65. The molecule has 0 aromatic heterocycles. The molecule has 3 unspecified atom stereocenters. The van der Waals surface area contributed by atoms with Crippen molar-refractivity contribution in [2.45, 2.75) is 37.5 Å². The average molecular weight is 228 g/mol. The Hall–Kier alpha value is -0.160. The SMILES string of the molecule is CNCC1CCC(CN(C)C2CCOC2)O1. The minimum Gasteiger partial charge on any atom is -0.380 e. The van der Waals surface area contributed by atoms with Gasteiger partial charge >= 0.3 is 0 Å². The van der Waals surface area contributed by atoms with Gasteiger partial charge in [-0.1, -0.05) is 0 Å². The third kappa shape index (κ3) is 3.17. The normalized spacial score (nSPS) is 35.1. The van der Waals surface area contributed by atoms with Gasteiger partial charge in [-0.2, -0.15) is 0 Å². The number of hydrogen-bond acceptors (Lipinski definition) is 4. The van der Waals surface area contributed by atoms with Gasteiger partial charge in [-0.15, -0.1) is 0 Å². The maximum Gasteiger partial charge on any atom is 0.0707 e. The molecule has 0 amide bonds. The van der Waals surface area contributed by atoms with Crippen molar-refractivity contribution in [1.29, 1.82) is 0 Å². The molecule has 0 aromatic rings. The zero-order chi connectivity index (χ0) is 11.4. The Kier molecular flexibility index (Phi) is 4.58. The molecule has 2 aliphatic heterocycles. The lowest BCUT2D eigenvalue weighted by Crippen LogP contribution is -2.38. The summed E-state index contributed by atoms with van der Waals surface area (Å²) in [6.45, 7) is 3.84. The molecule has 2 rings (SSSR count). The summed E-state index contributed by atoms with van der Waals surface area (Å²) in [5, 5.41) is 3.18. The van der Waals surface area contributed by atoms with Crippen molar-refractivity contribution in [2.24, 2.45) is 0 Å². The molecule has 0 aromatic carbocycles. The molecule has 0 radical (unpaired) electrons. The van der Waals surface area contributed by atoms with E-state index in [-0.39, 0.29) is 0 Å². The summed E-state index contributed by atoms with van der Waals surface area (Å²) in [7, 11) is 4.17. The largest absolute Gasteiger partial charge is 0.380 e. The van der Waals surface area contributed by atoms with Crippen molar-refractivity contribution >= 4 is 0 Å². The highest BCUT2D eigenvalue weighted by atomic mass is 16.5.